The van der Waals surface area contributed by atoms with Crippen LogP contribution in [0.2, 0.25) is 0 Å². The van der Waals surface area contributed by atoms with E-state index < -0.39 is 16.0 Å². The summed E-state index contributed by atoms with van der Waals surface area (Å²) >= 11 is 3.35. The van der Waals surface area contributed by atoms with E-state index >= 15 is 0 Å². The zero-order chi connectivity index (χ0) is 27.5. The van der Waals surface area contributed by atoms with Gasteiger partial charge in [0.2, 0.25) is 0 Å². The first-order valence-corrected chi connectivity index (χ1v) is 14.2. The molecular weight excluding hydrogens is 576 g/mol. The molecule has 0 aliphatic carbocycles. The molecule has 202 valence electrons. The molecule has 0 heterocycles. The Labute approximate surface area is 231 Å². The summed E-state index contributed by atoms with van der Waals surface area (Å²) < 4.78 is 48.1. The molecule has 0 aliphatic heterocycles. The smallest absolute Gasteiger partial charge is 0.339 e. The van der Waals surface area contributed by atoms with Gasteiger partial charge in [0.15, 0.2) is 23.0 Å². The summed E-state index contributed by atoms with van der Waals surface area (Å²) in [5, 5.41) is 4.03. The number of ether oxygens (including phenoxy) is 3. The first kappa shape index (κ1) is 29.0. The highest BCUT2D eigenvalue weighted by atomic mass is 79.9. The summed E-state index contributed by atoms with van der Waals surface area (Å²) in [6.07, 6.45) is 2.25. The molecular formula is C27H29BrN2O7S. The summed E-state index contributed by atoms with van der Waals surface area (Å²) in [4.78, 5) is 12.7. The van der Waals surface area contributed by atoms with Gasteiger partial charge < -0.3 is 18.4 Å². The Morgan fingerprint density at radius 1 is 0.921 bits per heavy atom. The molecule has 0 radical (unpaired) electrons. The van der Waals surface area contributed by atoms with Crippen LogP contribution in [-0.4, -0.2) is 40.4 Å². The maximum absolute atomic E-state index is 12.7. The second-order valence-corrected chi connectivity index (χ2v) is 10.2. The third-order valence-corrected chi connectivity index (χ3v) is 6.73. The second-order valence-electron chi connectivity index (χ2n) is 7.76. The number of carbonyl (C=O) groups excluding carboxylic acids is 1. The summed E-state index contributed by atoms with van der Waals surface area (Å²) in [5.41, 5.74) is 3.35. The van der Waals surface area contributed by atoms with Crippen molar-refractivity contribution >= 4 is 38.2 Å². The predicted octanol–water partition coefficient (Wildman–Crippen LogP) is 5.57. The van der Waals surface area contributed by atoms with Crippen molar-refractivity contribution in [3.8, 4) is 23.0 Å². The quantitative estimate of drug-likeness (QED) is 0.154. The summed E-state index contributed by atoms with van der Waals surface area (Å²) in [5.74, 6) is 0.800. The highest BCUT2D eigenvalue weighted by Gasteiger charge is 2.22. The molecule has 11 heteroatoms. The van der Waals surface area contributed by atoms with Crippen LogP contribution in [0.3, 0.4) is 0 Å². The minimum Gasteiger partial charge on any atom is -0.490 e. The van der Waals surface area contributed by atoms with E-state index in [4.69, 9.17) is 18.4 Å². The number of amides is 1. The SMILES string of the molecule is CCCOc1ccc(C(=O)N/N=C/c2cc(Br)c(OS(=O)(=O)c3ccccc3)c(OCC)c2)cc1OCC. The molecule has 0 fully saturated rings. The molecule has 0 atom stereocenters. The maximum Gasteiger partial charge on any atom is 0.339 e. The average molecular weight is 606 g/mol. The molecule has 0 aliphatic rings. The van der Waals surface area contributed by atoms with Crippen LogP contribution in [0.15, 0.2) is 75.1 Å². The van der Waals surface area contributed by atoms with Gasteiger partial charge in [0.25, 0.3) is 5.91 Å². The molecule has 0 unspecified atom stereocenters. The van der Waals surface area contributed by atoms with Crippen LogP contribution in [-0.2, 0) is 10.1 Å². The lowest BCUT2D eigenvalue weighted by Gasteiger charge is -2.14. The summed E-state index contributed by atoms with van der Waals surface area (Å²) in [6, 6.07) is 15.9. The Kier molecular flexibility index (Phi) is 10.5. The molecule has 0 saturated heterocycles. The molecule has 0 bridgehead atoms. The van der Waals surface area contributed by atoms with E-state index in [1.54, 1.807) is 55.5 Å². The van der Waals surface area contributed by atoms with Crippen molar-refractivity contribution in [1.82, 2.24) is 5.43 Å². The Balaban J connectivity index is 1.77. The number of hydrogen-bond donors (Lipinski definition) is 1. The lowest BCUT2D eigenvalue weighted by molar-refractivity contribution is 0.0954. The van der Waals surface area contributed by atoms with E-state index in [1.807, 2.05) is 13.8 Å². The van der Waals surface area contributed by atoms with Gasteiger partial charge in [-0.25, -0.2) is 5.43 Å². The topological polar surface area (TPSA) is 113 Å². The molecule has 0 saturated carbocycles. The van der Waals surface area contributed by atoms with E-state index in [0.717, 1.165) is 6.42 Å². The minimum absolute atomic E-state index is 0.00530. The van der Waals surface area contributed by atoms with Gasteiger partial charge in [0, 0.05) is 5.56 Å². The lowest BCUT2D eigenvalue weighted by atomic mass is 10.2. The summed E-state index contributed by atoms with van der Waals surface area (Å²) in [7, 11) is -4.08. The second kappa shape index (κ2) is 13.8. The normalized spacial score (nSPS) is 11.3. The van der Waals surface area contributed by atoms with Crippen LogP contribution in [0.4, 0.5) is 0 Å². The van der Waals surface area contributed by atoms with Crippen LogP contribution in [0.25, 0.3) is 0 Å². The molecule has 1 amide bonds. The molecule has 3 aromatic rings. The number of halogens is 1. The van der Waals surface area contributed by atoms with Gasteiger partial charge in [-0.1, -0.05) is 25.1 Å². The Morgan fingerprint density at radius 2 is 1.63 bits per heavy atom. The van der Waals surface area contributed by atoms with E-state index in [0.29, 0.717) is 40.3 Å². The van der Waals surface area contributed by atoms with Crippen molar-refractivity contribution in [1.29, 1.82) is 0 Å². The van der Waals surface area contributed by atoms with Crippen molar-refractivity contribution in [2.75, 3.05) is 19.8 Å². The van der Waals surface area contributed by atoms with E-state index in [1.165, 1.54) is 18.3 Å². The highest BCUT2D eigenvalue weighted by Crippen LogP contribution is 2.38. The Bertz CT molecular complexity index is 1380. The monoisotopic (exact) mass is 604 g/mol. The van der Waals surface area contributed by atoms with Crippen molar-refractivity contribution in [2.24, 2.45) is 5.10 Å². The standard InChI is InChI=1S/C27H29BrN2O7S/c1-4-14-36-23-13-12-20(17-24(23)34-5-2)27(31)30-29-18-19-15-22(28)26(25(16-19)35-6-3)37-38(32,33)21-10-8-7-9-11-21/h7-13,15-18H,4-6,14H2,1-3H3,(H,30,31)/b29-18+. The first-order valence-electron chi connectivity index (χ1n) is 12.0. The van der Waals surface area contributed by atoms with Crippen molar-refractivity contribution in [3.05, 3.63) is 76.3 Å². The number of nitrogens with one attached hydrogen (secondary N) is 1. The van der Waals surface area contributed by atoms with E-state index in [-0.39, 0.29) is 23.0 Å². The molecule has 1 N–H and O–H groups in total. The van der Waals surface area contributed by atoms with Gasteiger partial charge in [-0.2, -0.15) is 13.5 Å². The van der Waals surface area contributed by atoms with E-state index in [2.05, 4.69) is 26.5 Å². The third-order valence-electron chi connectivity index (χ3n) is 4.90. The van der Waals surface area contributed by atoms with Crippen LogP contribution in [0.1, 0.15) is 43.1 Å². The molecule has 0 spiro atoms. The fraction of sp³-hybridized carbons (Fsp3) is 0.259. The lowest BCUT2D eigenvalue weighted by Crippen LogP contribution is -2.18. The number of benzene rings is 3. The van der Waals surface area contributed by atoms with Gasteiger partial charge in [-0.3, -0.25) is 4.79 Å². The number of nitrogens with zero attached hydrogens (tertiary/aromatic N) is 1. The van der Waals surface area contributed by atoms with Crippen molar-refractivity contribution < 1.29 is 31.6 Å². The van der Waals surface area contributed by atoms with Gasteiger partial charge >= 0.3 is 10.1 Å². The highest BCUT2D eigenvalue weighted by molar-refractivity contribution is 9.10. The third kappa shape index (κ3) is 7.72. The molecule has 38 heavy (non-hydrogen) atoms. The average Bonchev–Trinajstić information content (AvgIpc) is 2.90. The van der Waals surface area contributed by atoms with E-state index in [9.17, 15) is 13.2 Å². The minimum atomic E-state index is -4.08. The summed E-state index contributed by atoms with van der Waals surface area (Å²) in [6.45, 7) is 6.85. The fourth-order valence-electron chi connectivity index (χ4n) is 3.23. The van der Waals surface area contributed by atoms with Crippen LogP contribution >= 0.6 is 15.9 Å². The Hall–Kier alpha value is -3.57. The van der Waals surface area contributed by atoms with Crippen molar-refractivity contribution in [3.63, 3.8) is 0 Å². The predicted molar refractivity (Wildman–Crippen MR) is 148 cm³/mol. The zero-order valence-corrected chi connectivity index (χ0v) is 23.7. The van der Waals surface area contributed by atoms with Crippen molar-refractivity contribution in [2.45, 2.75) is 32.1 Å². The molecule has 0 aromatic heterocycles. The largest absolute Gasteiger partial charge is 0.490 e. The Morgan fingerprint density at radius 3 is 2.32 bits per heavy atom. The molecule has 9 nitrogen and oxygen atoms in total. The first-order chi connectivity index (χ1) is 18.3. The number of hydrazone groups is 1. The fourth-order valence-corrected chi connectivity index (χ4v) is 4.86. The zero-order valence-electron chi connectivity index (χ0n) is 21.3. The molecule has 3 aromatic carbocycles. The number of carbonyl (C=O) groups is 1. The van der Waals surface area contributed by atoms with Crippen LogP contribution < -0.4 is 23.8 Å². The number of rotatable bonds is 13. The maximum atomic E-state index is 12.7. The number of hydrogen-bond acceptors (Lipinski definition) is 8. The van der Waals surface area contributed by atoms with Gasteiger partial charge in [0.1, 0.15) is 4.90 Å². The van der Waals surface area contributed by atoms with Crippen LogP contribution in [0, 0.1) is 0 Å². The van der Waals surface area contributed by atoms with Gasteiger partial charge in [0.05, 0.1) is 30.5 Å². The van der Waals surface area contributed by atoms with Crippen LogP contribution in [0.5, 0.6) is 23.0 Å². The van der Waals surface area contributed by atoms with Gasteiger partial charge in [-0.15, -0.1) is 0 Å². The van der Waals surface area contributed by atoms with Gasteiger partial charge in [-0.05, 0) is 84.2 Å². The molecule has 3 rings (SSSR count).